The lowest BCUT2D eigenvalue weighted by molar-refractivity contribution is -0.133. The van der Waals surface area contributed by atoms with Gasteiger partial charge < -0.3 is 16.2 Å². The average molecular weight is 172 g/mol. The van der Waals surface area contributed by atoms with Crippen molar-refractivity contribution in [2.45, 2.75) is 12.5 Å². The molecule has 0 saturated carbocycles. The van der Waals surface area contributed by atoms with Crippen LogP contribution < -0.4 is 11.1 Å². The first-order valence-electron chi connectivity index (χ1n) is 3.43. The highest BCUT2D eigenvalue weighted by Crippen LogP contribution is 1.89. The quantitative estimate of drug-likeness (QED) is 0.442. The zero-order valence-electron chi connectivity index (χ0n) is 6.62. The Hall–Kier alpha value is -1.36. The number of nitrogens with two attached hydrogens (primary N) is 1. The maximum absolute atomic E-state index is 10.8. The van der Waals surface area contributed by atoms with E-state index in [2.05, 4.69) is 11.9 Å². The molecule has 1 atom stereocenters. The smallest absolute Gasteiger partial charge is 0.249 e. The zero-order chi connectivity index (χ0) is 9.56. The molecule has 0 rings (SSSR count). The van der Waals surface area contributed by atoms with Gasteiger partial charge in [-0.15, -0.1) is 6.58 Å². The molecule has 0 aliphatic carbocycles. The summed E-state index contributed by atoms with van der Waals surface area (Å²) in [5.74, 6) is -1.33. The van der Waals surface area contributed by atoms with Crippen molar-refractivity contribution in [2.24, 2.45) is 5.73 Å². The Morgan fingerprint density at radius 3 is 2.67 bits per heavy atom. The van der Waals surface area contributed by atoms with E-state index in [1.807, 2.05) is 0 Å². The molecule has 0 spiro atoms. The number of hydrogen-bond acceptors (Lipinski definition) is 3. The van der Waals surface area contributed by atoms with Gasteiger partial charge in [0.15, 0.2) is 0 Å². The van der Waals surface area contributed by atoms with Crippen molar-refractivity contribution in [3.05, 3.63) is 12.7 Å². The van der Waals surface area contributed by atoms with Gasteiger partial charge in [0.1, 0.15) is 6.10 Å². The van der Waals surface area contributed by atoms with E-state index in [0.717, 1.165) is 0 Å². The molecule has 0 radical (unpaired) electrons. The highest BCUT2D eigenvalue weighted by Gasteiger charge is 2.15. The molecular formula is C7H12N2O3. The first-order valence-corrected chi connectivity index (χ1v) is 3.43. The molecule has 0 aliphatic heterocycles. The number of hydrogen-bond donors (Lipinski definition) is 3. The van der Waals surface area contributed by atoms with Gasteiger partial charge in [0, 0.05) is 6.54 Å². The summed E-state index contributed by atoms with van der Waals surface area (Å²) in [6.45, 7) is 3.62. The maximum atomic E-state index is 10.8. The number of carbonyl (C=O) groups is 2. The Labute approximate surface area is 70.2 Å². The molecule has 0 unspecified atom stereocenters. The third-order valence-electron chi connectivity index (χ3n) is 1.12. The number of amides is 2. The highest BCUT2D eigenvalue weighted by atomic mass is 16.3. The van der Waals surface area contributed by atoms with Crippen molar-refractivity contribution < 1.29 is 14.7 Å². The number of aliphatic hydroxyl groups excluding tert-OH is 1. The van der Waals surface area contributed by atoms with Crippen LogP contribution in [0.2, 0.25) is 0 Å². The minimum absolute atomic E-state index is 0.259. The summed E-state index contributed by atoms with van der Waals surface area (Å²) in [5.41, 5.74) is 4.76. The van der Waals surface area contributed by atoms with Crippen molar-refractivity contribution in [2.75, 3.05) is 6.54 Å². The number of primary amides is 1. The molecule has 0 heterocycles. The van der Waals surface area contributed by atoms with Gasteiger partial charge in [-0.3, -0.25) is 9.59 Å². The number of nitrogens with one attached hydrogen (secondary N) is 1. The zero-order valence-corrected chi connectivity index (χ0v) is 6.62. The molecule has 0 aromatic rings. The minimum atomic E-state index is -1.36. The van der Waals surface area contributed by atoms with Crippen LogP contribution in [0.5, 0.6) is 0 Å². The van der Waals surface area contributed by atoms with E-state index < -0.39 is 17.9 Å². The third-order valence-corrected chi connectivity index (χ3v) is 1.12. The molecule has 0 fully saturated rings. The molecule has 68 valence electrons. The molecule has 0 aromatic carbocycles. The van der Waals surface area contributed by atoms with Crippen LogP contribution in [0.3, 0.4) is 0 Å². The molecule has 0 aliphatic rings. The summed E-state index contributed by atoms with van der Waals surface area (Å²) in [4.78, 5) is 21.1. The summed E-state index contributed by atoms with van der Waals surface area (Å²) in [6.07, 6.45) is -0.250. The molecule has 5 nitrogen and oxygen atoms in total. The van der Waals surface area contributed by atoms with E-state index >= 15 is 0 Å². The summed E-state index contributed by atoms with van der Waals surface area (Å²) in [5, 5.41) is 11.3. The van der Waals surface area contributed by atoms with Crippen LogP contribution in [0.15, 0.2) is 12.7 Å². The Morgan fingerprint density at radius 1 is 1.67 bits per heavy atom. The van der Waals surface area contributed by atoms with Gasteiger partial charge in [-0.25, -0.2) is 0 Å². The van der Waals surface area contributed by atoms with Crippen LogP contribution in [-0.4, -0.2) is 29.6 Å². The van der Waals surface area contributed by atoms with Crippen molar-refractivity contribution in [3.8, 4) is 0 Å². The summed E-state index contributed by atoms with van der Waals surface area (Å²) in [7, 11) is 0. The lowest BCUT2D eigenvalue weighted by Gasteiger charge is -2.07. The van der Waals surface area contributed by atoms with Crippen molar-refractivity contribution >= 4 is 11.8 Å². The highest BCUT2D eigenvalue weighted by molar-refractivity contribution is 5.86. The van der Waals surface area contributed by atoms with E-state index in [9.17, 15) is 9.59 Å². The van der Waals surface area contributed by atoms with Crippen LogP contribution in [-0.2, 0) is 9.59 Å². The third kappa shape index (κ3) is 4.45. The second kappa shape index (κ2) is 5.31. The van der Waals surface area contributed by atoms with Crippen LogP contribution in [0, 0.1) is 0 Å². The van der Waals surface area contributed by atoms with Gasteiger partial charge >= 0.3 is 0 Å². The van der Waals surface area contributed by atoms with E-state index in [1.165, 1.54) is 6.08 Å². The lowest BCUT2D eigenvalue weighted by Crippen LogP contribution is -2.37. The number of rotatable bonds is 5. The fourth-order valence-corrected chi connectivity index (χ4v) is 0.574. The van der Waals surface area contributed by atoms with Gasteiger partial charge in [0.25, 0.3) is 0 Å². The van der Waals surface area contributed by atoms with Crippen molar-refractivity contribution in [1.82, 2.24) is 5.32 Å². The molecule has 0 bridgehead atoms. The number of carbonyl (C=O) groups excluding carboxylic acids is 2. The Morgan fingerprint density at radius 2 is 2.25 bits per heavy atom. The monoisotopic (exact) mass is 172 g/mol. The van der Waals surface area contributed by atoms with Gasteiger partial charge in [-0.1, -0.05) is 6.08 Å². The fourth-order valence-electron chi connectivity index (χ4n) is 0.574. The van der Waals surface area contributed by atoms with E-state index in [1.54, 1.807) is 0 Å². The topological polar surface area (TPSA) is 92.4 Å². The molecular weight excluding hydrogens is 160 g/mol. The Balaban J connectivity index is 3.76. The average Bonchev–Trinajstić information content (AvgIpc) is 1.98. The summed E-state index contributed by atoms with van der Waals surface area (Å²) >= 11 is 0. The van der Waals surface area contributed by atoms with Crippen molar-refractivity contribution in [1.29, 1.82) is 0 Å². The standard InChI is InChI=1S/C7H12N2O3/c1-2-3-9-7(12)5(10)4-6(8)11/h2,5,10H,1,3-4H2,(H2,8,11)(H,9,12)/t5-/m1/s1. The minimum Gasteiger partial charge on any atom is -0.383 e. The van der Waals surface area contributed by atoms with Crippen molar-refractivity contribution in [3.63, 3.8) is 0 Å². The molecule has 4 N–H and O–H groups in total. The molecule has 2 amide bonds. The Bertz CT molecular complexity index is 191. The number of aliphatic hydroxyl groups is 1. The second-order valence-electron chi connectivity index (χ2n) is 2.22. The first kappa shape index (κ1) is 10.6. The predicted octanol–water partition coefficient (Wildman–Crippen LogP) is -1.48. The van der Waals surface area contributed by atoms with E-state index in [0.29, 0.717) is 0 Å². The first-order chi connectivity index (χ1) is 5.57. The largest absolute Gasteiger partial charge is 0.383 e. The SMILES string of the molecule is C=CCNC(=O)[C@H](O)CC(N)=O. The van der Waals surface area contributed by atoms with Gasteiger partial charge in [-0.05, 0) is 0 Å². The normalized spacial score (nSPS) is 11.8. The van der Waals surface area contributed by atoms with Crippen LogP contribution in [0.25, 0.3) is 0 Å². The maximum Gasteiger partial charge on any atom is 0.249 e. The van der Waals surface area contributed by atoms with Crippen LogP contribution in [0.4, 0.5) is 0 Å². The van der Waals surface area contributed by atoms with Gasteiger partial charge in [-0.2, -0.15) is 0 Å². The lowest BCUT2D eigenvalue weighted by atomic mass is 10.2. The van der Waals surface area contributed by atoms with Gasteiger partial charge in [0.2, 0.25) is 11.8 Å². The van der Waals surface area contributed by atoms with E-state index in [-0.39, 0.29) is 13.0 Å². The van der Waals surface area contributed by atoms with E-state index in [4.69, 9.17) is 10.8 Å². The fraction of sp³-hybridized carbons (Fsp3) is 0.429. The second-order valence-corrected chi connectivity index (χ2v) is 2.22. The molecule has 0 aromatic heterocycles. The Kier molecular flexibility index (Phi) is 4.71. The summed E-state index contributed by atoms with van der Waals surface area (Å²) < 4.78 is 0. The van der Waals surface area contributed by atoms with Crippen LogP contribution in [0.1, 0.15) is 6.42 Å². The summed E-state index contributed by atoms with van der Waals surface area (Å²) in [6, 6.07) is 0. The molecule has 12 heavy (non-hydrogen) atoms. The molecule has 0 saturated heterocycles. The van der Waals surface area contributed by atoms with Gasteiger partial charge in [0.05, 0.1) is 6.42 Å². The van der Waals surface area contributed by atoms with Crippen LogP contribution >= 0.6 is 0 Å². The molecule has 5 heteroatoms. The predicted molar refractivity (Wildman–Crippen MR) is 43.0 cm³/mol.